The second kappa shape index (κ2) is 13.3. The molecule has 43 heavy (non-hydrogen) atoms. The Hall–Kier alpha value is -4.40. The fourth-order valence-corrected chi connectivity index (χ4v) is 5.55. The highest BCUT2D eigenvalue weighted by Crippen LogP contribution is 2.23. The van der Waals surface area contributed by atoms with Crippen LogP contribution in [0.15, 0.2) is 29.4 Å². The number of nitrogen functional groups attached to an aromatic ring is 1. The summed E-state index contributed by atoms with van der Waals surface area (Å²) in [7, 11) is -4.83. The van der Waals surface area contributed by atoms with Gasteiger partial charge in [-0.15, -0.1) is 0 Å². The van der Waals surface area contributed by atoms with Gasteiger partial charge in [0.1, 0.15) is 24.2 Å². The number of hydrogen-bond acceptors (Lipinski definition) is 14. The number of amides is 2. The molecule has 0 bridgehead atoms. The molecule has 4 rings (SSSR count). The summed E-state index contributed by atoms with van der Waals surface area (Å²) in [5, 5.41) is 30.1. The molecule has 18 nitrogen and oxygen atoms in total. The Kier molecular flexibility index (Phi) is 9.73. The molecule has 0 spiro atoms. The van der Waals surface area contributed by atoms with Gasteiger partial charge in [-0.1, -0.05) is 5.16 Å². The van der Waals surface area contributed by atoms with Crippen LogP contribution in [-0.2, 0) is 29.5 Å². The quantitative estimate of drug-likeness (QED) is 0.0461. The minimum Gasteiger partial charge on any atom is -0.489 e. The van der Waals surface area contributed by atoms with Crippen molar-refractivity contribution in [3.63, 3.8) is 0 Å². The number of carboxylic acid groups (broad SMARTS) is 1. The van der Waals surface area contributed by atoms with Gasteiger partial charge < -0.3 is 36.4 Å². The number of carbonyl (C=O) groups is 3. The third-order valence-corrected chi connectivity index (χ3v) is 8.07. The molecule has 8 N–H and O–H groups in total. The summed E-state index contributed by atoms with van der Waals surface area (Å²) in [6, 6.07) is 4.13. The maximum atomic E-state index is 13.0. The van der Waals surface area contributed by atoms with Gasteiger partial charge in [0.25, 0.3) is 17.9 Å². The molecule has 3 heterocycles. The maximum absolute atomic E-state index is 13.0. The number of carboxylic acids is 1. The van der Waals surface area contributed by atoms with Gasteiger partial charge in [0.2, 0.25) is 11.5 Å². The highest BCUT2D eigenvalue weighted by molar-refractivity contribution is 7.84. The zero-order valence-electron chi connectivity index (χ0n) is 22.6. The number of oxime groups is 1. The standard InChI is InChI=1S/C23H29N9O9S2/c1-11-16(21(34)32(11)43(37,38)39)28-20(33)17(19-29-23(25)42-31-19)30-41-15(22(35)36)10-40-14-4-2-12(3-5-14)18(24)27-13-6-8-26-9-7-13/h2-5,11,13,15-16,26H,6-10H2,1H3,(H2,24,27)(H,28,33)(H,35,36)(H2,25,29,31)(H,37,38,39)/b30-17-/t11-,15?,16-/m0/s1. The minimum atomic E-state index is -4.83. The Morgan fingerprint density at radius 3 is 2.51 bits per heavy atom. The first-order chi connectivity index (χ1) is 20.3. The average Bonchev–Trinajstić information content (AvgIpc) is 3.39. The molecule has 1 aromatic carbocycles. The fourth-order valence-electron chi connectivity index (χ4n) is 4.23. The predicted octanol–water partition coefficient (Wildman–Crippen LogP) is -1.44. The molecule has 2 aliphatic heterocycles. The van der Waals surface area contributed by atoms with Crippen molar-refractivity contribution in [1.82, 2.24) is 29.6 Å². The van der Waals surface area contributed by atoms with Gasteiger partial charge in [-0.3, -0.25) is 19.6 Å². The van der Waals surface area contributed by atoms with Crippen molar-refractivity contribution in [3.05, 3.63) is 35.7 Å². The summed E-state index contributed by atoms with van der Waals surface area (Å²) < 4.78 is 41.4. The lowest BCUT2D eigenvalue weighted by Crippen LogP contribution is -2.71. The largest absolute Gasteiger partial charge is 0.489 e. The summed E-state index contributed by atoms with van der Waals surface area (Å²) in [5.74, 6) is -3.48. The van der Waals surface area contributed by atoms with Crippen LogP contribution < -0.4 is 26.4 Å². The van der Waals surface area contributed by atoms with Crippen LogP contribution >= 0.6 is 11.5 Å². The Balaban J connectivity index is 1.40. The summed E-state index contributed by atoms with van der Waals surface area (Å²) >= 11 is 0.704. The van der Waals surface area contributed by atoms with Gasteiger partial charge in [0, 0.05) is 23.1 Å². The Labute approximate surface area is 249 Å². The number of benzene rings is 1. The van der Waals surface area contributed by atoms with Crippen molar-refractivity contribution >= 4 is 56.3 Å². The van der Waals surface area contributed by atoms with E-state index in [1.165, 1.54) is 6.92 Å². The molecular weight excluding hydrogens is 610 g/mol. The number of anilines is 1. The summed E-state index contributed by atoms with van der Waals surface area (Å²) in [6.45, 7) is 2.49. The van der Waals surface area contributed by atoms with Crippen molar-refractivity contribution in [2.75, 3.05) is 25.4 Å². The van der Waals surface area contributed by atoms with Crippen LogP contribution in [0.1, 0.15) is 31.2 Å². The van der Waals surface area contributed by atoms with E-state index in [0.717, 1.165) is 25.9 Å². The van der Waals surface area contributed by atoms with Crippen molar-refractivity contribution in [3.8, 4) is 5.75 Å². The van der Waals surface area contributed by atoms with E-state index in [1.807, 2.05) is 0 Å². The highest BCUT2D eigenvalue weighted by atomic mass is 32.2. The molecule has 1 aromatic heterocycles. The number of piperidine rings is 1. The average molecular weight is 640 g/mol. The predicted molar refractivity (Wildman–Crippen MR) is 151 cm³/mol. The van der Waals surface area contributed by atoms with Crippen LogP contribution in [0.25, 0.3) is 0 Å². The van der Waals surface area contributed by atoms with E-state index >= 15 is 0 Å². The number of nitrogens with two attached hydrogens (primary N) is 1. The van der Waals surface area contributed by atoms with Gasteiger partial charge in [0.05, 0.1) is 6.04 Å². The number of nitrogens with zero attached hydrogens (tertiary/aromatic N) is 4. The van der Waals surface area contributed by atoms with Crippen LogP contribution in [0.3, 0.4) is 0 Å². The first-order valence-corrected chi connectivity index (χ1v) is 15.0. The molecule has 2 saturated heterocycles. The third-order valence-electron chi connectivity index (χ3n) is 6.52. The number of carbonyl (C=O) groups excluding carboxylic acids is 2. The van der Waals surface area contributed by atoms with Gasteiger partial charge >= 0.3 is 16.3 Å². The molecule has 2 aliphatic rings. The molecule has 0 aliphatic carbocycles. The third kappa shape index (κ3) is 7.71. The van der Waals surface area contributed by atoms with E-state index < -0.39 is 58.6 Å². The lowest BCUT2D eigenvalue weighted by molar-refractivity contribution is -0.152. The topological polar surface area (TPSA) is 272 Å². The number of nitrogens with one attached hydrogen (secondary N) is 4. The van der Waals surface area contributed by atoms with Crippen LogP contribution in [0.2, 0.25) is 0 Å². The van der Waals surface area contributed by atoms with Crippen LogP contribution in [0.4, 0.5) is 5.13 Å². The lowest BCUT2D eigenvalue weighted by atomic mass is 10.0. The molecule has 0 saturated carbocycles. The SMILES string of the molecule is C[C@H]1[C@H](NC(=O)/C(=N\OC(COc2ccc(C(=N)NC3CCNCC3)cc2)C(=O)O)c2nsc(N)n2)C(=O)N1S(=O)(=O)O. The van der Waals surface area contributed by atoms with Crippen LogP contribution in [-0.4, -0.2) is 105 Å². The second-order valence-electron chi connectivity index (χ2n) is 9.51. The fraction of sp³-hybridized carbons (Fsp3) is 0.435. The first kappa shape index (κ1) is 31.5. The first-order valence-electron chi connectivity index (χ1n) is 12.8. The number of amidine groups is 1. The van der Waals surface area contributed by atoms with E-state index in [4.69, 9.17) is 25.3 Å². The van der Waals surface area contributed by atoms with Gasteiger partial charge in [-0.25, -0.2) is 9.10 Å². The van der Waals surface area contributed by atoms with Crippen LogP contribution in [0, 0.1) is 5.41 Å². The number of aromatic nitrogens is 2. The Morgan fingerprint density at radius 1 is 1.28 bits per heavy atom. The number of ether oxygens (including phenoxy) is 1. The molecule has 20 heteroatoms. The molecular formula is C23H29N9O9S2. The Bertz CT molecular complexity index is 1510. The van der Waals surface area contributed by atoms with E-state index in [-0.39, 0.29) is 32.9 Å². The number of rotatable bonds is 12. The molecule has 2 fully saturated rings. The summed E-state index contributed by atoms with van der Waals surface area (Å²) in [4.78, 5) is 45.9. The van der Waals surface area contributed by atoms with E-state index in [0.29, 0.717) is 17.1 Å². The van der Waals surface area contributed by atoms with E-state index in [9.17, 15) is 27.9 Å². The highest BCUT2D eigenvalue weighted by Gasteiger charge is 2.51. The number of aliphatic carboxylic acids is 1. The van der Waals surface area contributed by atoms with Gasteiger partial charge in [0.15, 0.2) is 5.13 Å². The Morgan fingerprint density at radius 2 is 1.95 bits per heavy atom. The summed E-state index contributed by atoms with van der Waals surface area (Å²) in [6.07, 6.45) is 0.0998. The number of hydrogen-bond donors (Lipinski definition) is 7. The van der Waals surface area contributed by atoms with E-state index in [2.05, 4.69) is 30.5 Å². The van der Waals surface area contributed by atoms with Gasteiger partial charge in [-0.05, 0) is 57.1 Å². The molecule has 1 unspecified atom stereocenters. The molecule has 232 valence electrons. The molecule has 2 aromatic rings. The maximum Gasteiger partial charge on any atom is 0.362 e. The minimum absolute atomic E-state index is 0.0540. The normalized spacial score (nSPS) is 20.1. The van der Waals surface area contributed by atoms with Crippen molar-refractivity contribution < 1.29 is 42.0 Å². The van der Waals surface area contributed by atoms with E-state index in [1.54, 1.807) is 24.3 Å². The van der Waals surface area contributed by atoms with Crippen LogP contribution in [0.5, 0.6) is 5.75 Å². The zero-order chi connectivity index (χ0) is 31.3. The summed E-state index contributed by atoms with van der Waals surface area (Å²) in [5.41, 5.74) is 5.56. The van der Waals surface area contributed by atoms with Crippen molar-refractivity contribution in [1.29, 1.82) is 5.41 Å². The molecule has 3 atom stereocenters. The number of β-lactam (4-membered cyclic amide) rings is 1. The molecule has 2 amide bonds. The monoisotopic (exact) mass is 639 g/mol. The second-order valence-corrected chi connectivity index (χ2v) is 11.6. The lowest BCUT2D eigenvalue weighted by Gasteiger charge is -2.42. The van der Waals surface area contributed by atoms with Crippen molar-refractivity contribution in [2.24, 2.45) is 5.16 Å². The van der Waals surface area contributed by atoms with Crippen molar-refractivity contribution in [2.45, 2.75) is 44.0 Å². The van der Waals surface area contributed by atoms with Gasteiger partial charge in [-0.2, -0.15) is 17.8 Å². The smallest absolute Gasteiger partial charge is 0.362 e. The molecule has 0 radical (unpaired) electrons. The zero-order valence-corrected chi connectivity index (χ0v) is 24.2.